The third-order valence-electron chi connectivity index (χ3n) is 4.20. The van der Waals surface area contributed by atoms with Gasteiger partial charge in [-0.05, 0) is 12.1 Å². The maximum atomic E-state index is 13.9. The van der Waals surface area contributed by atoms with Gasteiger partial charge in [-0.1, -0.05) is 23.4 Å². The molecule has 144 valence electrons. The number of nitrogens with one attached hydrogen (secondary N) is 1. The molecule has 27 heavy (non-hydrogen) atoms. The van der Waals surface area contributed by atoms with Gasteiger partial charge in [0.05, 0.1) is 25.3 Å². The highest BCUT2D eigenvalue weighted by molar-refractivity contribution is 5.91. The third kappa shape index (κ3) is 4.57. The summed E-state index contributed by atoms with van der Waals surface area (Å²) in [6.45, 7) is -1.00. The minimum atomic E-state index is -2.99. The molecule has 2 amide bonds. The second-order valence-electron chi connectivity index (χ2n) is 6.24. The van der Waals surface area contributed by atoms with E-state index in [0.717, 1.165) is 4.90 Å². The van der Waals surface area contributed by atoms with E-state index < -0.39 is 36.7 Å². The Morgan fingerprint density at radius 2 is 2.07 bits per heavy atom. The lowest BCUT2D eigenvalue weighted by atomic mass is 10.2. The summed E-state index contributed by atoms with van der Waals surface area (Å²) in [5, 5.41) is 9.88. The van der Waals surface area contributed by atoms with Crippen molar-refractivity contribution in [3.05, 3.63) is 42.2 Å². The first-order valence-corrected chi connectivity index (χ1v) is 8.35. The Morgan fingerprint density at radius 3 is 2.78 bits per heavy atom. The molecule has 1 N–H and O–H groups in total. The number of carbonyl (C=O) groups is 2. The molecule has 1 aromatic heterocycles. The van der Waals surface area contributed by atoms with E-state index in [2.05, 4.69) is 15.6 Å². The number of halogens is 2. The molecule has 1 aliphatic rings. The minimum absolute atomic E-state index is 0.0106. The van der Waals surface area contributed by atoms with Crippen LogP contribution in [0.2, 0.25) is 0 Å². The first-order chi connectivity index (χ1) is 12.9. The quantitative estimate of drug-likeness (QED) is 0.807. The van der Waals surface area contributed by atoms with E-state index in [0.29, 0.717) is 5.75 Å². The number of aromatic nitrogens is 3. The molecule has 1 atom stereocenters. The summed E-state index contributed by atoms with van der Waals surface area (Å²) in [5.74, 6) is -3.47. The highest BCUT2D eigenvalue weighted by Crippen LogP contribution is 2.32. The Hall–Kier alpha value is -3.04. The lowest BCUT2D eigenvalue weighted by molar-refractivity contribution is -0.135. The van der Waals surface area contributed by atoms with Crippen LogP contribution in [0.5, 0.6) is 5.75 Å². The van der Waals surface area contributed by atoms with Crippen LogP contribution in [0.4, 0.5) is 8.78 Å². The zero-order valence-electron chi connectivity index (χ0n) is 14.6. The van der Waals surface area contributed by atoms with Gasteiger partial charge >= 0.3 is 0 Å². The van der Waals surface area contributed by atoms with E-state index in [1.165, 1.54) is 17.9 Å². The summed E-state index contributed by atoms with van der Waals surface area (Å²) in [4.78, 5) is 25.1. The molecule has 0 saturated carbocycles. The highest BCUT2D eigenvalue weighted by atomic mass is 19.3. The van der Waals surface area contributed by atoms with Crippen molar-refractivity contribution < 1.29 is 23.1 Å². The molecule has 0 aliphatic carbocycles. The number of nitrogens with zero attached hydrogens (tertiary/aromatic N) is 4. The Balaban J connectivity index is 1.66. The van der Waals surface area contributed by atoms with E-state index in [1.807, 2.05) is 0 Å². The van der Waals surface area contributed by atoms with E-state index >= 15 is 0 Å². The molecule has 0 radical (unpaired) electrons. The summed E-state index contributed by atoms with van der Waals surface area (Å²) >= 11 is 0. The van der Waals surface area contributed by atoms with Crippen LogP contribution >= 0.6 is 0 Å². The van der Waals surface area contributed by atoms with Crippen LogP contribution in [-0.4, -0.2) is 63.9 Å². The van der Waals surface area contributed by atoms with E-state index in [-0.39, 0.29) is 18.8 Å². The Bertz CT molecular complexity index is 812. The van der Waals surface area contributed by atoms with Gasteiger partial charge in [-0.15, -0.1) is 5.10 Å². The van der Waals surface area contributed by atoms with Crippen LogP contribution in [0.3, 0.4) is 0 Å². The highest BCUT2D eigenvalue weighted by Gasteiger charge is 2.47. The van der Waals surface area contributed by atoms with Crippen molar-refractivity contribution >= 4 is 11.8 Å². The second kappa shape index (κ2) is 7.68. The van der Waals surface area contributed by atoms with Crippen LogP contribution in [0.25, 0.3) is 0 Å². The fraction of sp³-hybridized carbons (Fsp3) is 0.412. The molecular weight excluding hydrogens is 360 g/mol. The van der Waals surface area contributed by atoms with Gasteiger partial charge in [-0.25, -0.2) is 13.5 Å². The summed E-state index contributed by atoms with van der Waals surface area (Å²) < 4.78 is 34.5. The largest absolute Gasteiger partial charge is 0.484 e. The van der Waals surface area contributed by atoms with Gasteiger partial charge in [0.15, 0.2) is 12.3 Å². The smallest absolute Gasteiger partial charge is 0.273 e. The van der Waals surface area contributed by atoms with Gasteiger partial charge in [0.1, 0.15) is 5.75 Å². The van der Waals surface area contributed by atoms with Crippen molar-refractivity contribution in [3.63, 3.8) is 0 Å². The number of rotatable bonds is 6. The molecule has 1 aliphatic heterocycles. The lowest BCUT2D eigenvalue weighted by Gasteiger charge is -2.23. The zero-order chi connectivity index (χ0) is 19.4. The van der Waals surface area contributed by atoms with Gasteiger partial charge in [-0.2, -0.15) is 0 Å². The zero-order valence-corrected chi connectivity index (χ0v) is 14.6. The van der Waals surface area contributed by atoms with Crippen molar-refractivity contribution in [1.29, 1.82) is 0 Å². The Morgan fingerprint density at radius 1 is 1.33 bits per heavy atom. The van der Waals surface area contributed by atoms with E-state index in [4.69, 9.17) is 4.74 Å². The normalized spacial score (nSPS) is 18.3. The van der Waals surface area contributed by atoms with Crippen LogP contribution in [0.1, 0.15) is 16.9 Å². The van der Waals surface area contributed by atoms with Gasteiger partial charge in [0.25, 0.3) is 17.7 Å². The standard InChI is InChI=1S/C17H19F2N5O3/c1-20-16(26)14-9-23(22-21-14)8-12-7-17(18,19)11-24(12)15(25)10-27-13-5-3-2-4-6-13/h2-6,9,12H,7-8,10-11H2,1H3,(H,20,26)/t12-/m0/s1. The molecule has 1 aromatic carbocycles. The molecule has 0 bridgehead atoms. The summed E-state index contributed by atoms with van der Waals surface area (Å²) in [6, 6.07) is 7.89. The number of alkyl halides is 2. The van der Waals surface area contributed by atoms with Crippen molar-refractivity contribution in [2.45, 2.75) is 24.9 Å². The van der Waals surface area contributed by atoms with Crippen LogP contribution in [0, 0.1) is 0 Å². The summed E-state index contributed by atoms with van der Waals surface area (Å²) in [6.07, 6.45) is 0.873. The molecule has 0 unspecified atom stereocenters. The number of likely N-dealkylation sites (tertiary alicyclic amines) is 1. The van der Waals surface area contributed by atoms with Crippen LogP contribution in [-0.2, 0) is 11.3 Å². The molecule has 0 spiro atoms. The Labute approximate surface area is 154 Å². The maximum Gasteiger partial charge on any atom is 0.273 e. The molecule has 2 aromatic rings. The van der Waals surface area contributed by atoms with Gasteiger partial charge in [0.2, 0.25) is 0 Å². The number of para-hydroxylation sites is 1. The second-order valence-corrected chi connectivity index (χ2v) is 6.24. The number of ether oxygens (including phenoxy) is 1. The Kier molecular flexibility index (Phi) is 5.33. The number of carbonyl (C=O) groups excluding carboxylic acids is 2. The number of hydrogen-bond acceptors (Lipinski definition) is 5. The molecule has 3 rings (SSSR count). The van der Waals surface area contributed by atoms with E-state index in [9.17, 15) is 18.4 Å². The molecule has 10 heteroatoms. The molecule has 2 heterocycles. The van der Waals surface area contributed by atoms with Crippen molar-refractivity contribution in [1.82, 2.24) is 25.2 Å². The average Bonchev–Trinajstić information content (AvgIpc) is 3.24. The molecule has 1 saturated heterocycles. The monoisotopic (exact) mass is 379 g/mol. The van der Waals surface area contributed by atoms with Crippen molar-refractivity contribution in [3.8, 4) is 5.75 Å². The average molecular weight is 379 g/mol. The van der Waals surface area contributed by atoms with Crippen molar-refractivity contribution in [2.24, 2.45) is 0 Å². The number of amides is 2. The SMILES string of the molecule is CNC(=O)c1cn(C[C@@H]2CC(F)(F)CN2C(=O)COc2ccccc2)nn1. The first-order valence-electron chi connectivity index (χ1n) is 8.35. The van der Waals surface area contributed by atoms with E-state index in [1.54, 1.807) is 30.3 Å². The van der Waals surface area contributed by atoms with Gasteiger partial charge in [-0.3, -0.25) is 9.59 Å². The van der Waals surface area contributed by atoms with Crippen LogP contribution < -0.4 is 10.1 Å². The fourth-order valence-corrected chi connectivity index (χ4v) is 2.93. The molecular formula is C17H19F2N5O3. The maximum absolute atomic E-state index is 13.9. The predicted molar refractivity (Wildman–Crippen MR) is 90.4 cm³/mol. The minimum Gasteiger partial charge on any atom is -0.484 e. The number of hydrogen-bond donors (Lipinski definition) is 1. The fourth-order valence-electron chi connectivity index (χ4n) is 2.93. The third-order valence-corrected chi connectivity index (χ3v) is 4.20. The topological polar surface area (TPSA) is 89.4 Å². The van der Waals surface area contributed by atoms with Gasteiger partial charge < -0.3 is 15.0 Å². The predicted octanol–water partition coefficient (Wildman–Crippen LogP) is 0.953. The van der Waals surface area contributed by atoms with Gasteiger partial charge in [0, 0.05) is 13.5 Å². The van der Waals surface area contributed by atoms with Crippen LogP contribution in [0.15, 0.2) is 36.5 Å². The first kappa shape index (κ1) is 18.7. The lowest BCUT2D eigenvalue weighted by Crippen LogP contribution is -2.41. The van der Waals surface area contributed by atoms with Crippen molar-refractivity contribution in [2.75, 3.05) is 20.2 Å². The summed E-state index contributed by atoms with van der Waals surface area (Å²) in [5.41, 5.74) is 0.0764. The number of benzene rings is 1. The molecule has 8 nitrogen and oxygen atoms in total. The molecule has 1 fully saturated rings. The summed E-state index contributed by atoms with van der Waals surface area (Å²) in [7, 11) is 1.45.